The van der Waals surface area contributed by atoms with Crippen molar-refractivity contribution in [1.82, 2.24) is 10.2 Å². The third kappa shape index (κ3) is 4.64. The average molecular weight is 255 g/mol. The average Bonchev–Trinajstić information content (AvgIpc) is 2.39. The molecule has 2 amide bonds. The van der Waals surface area contributed by atoms with Crippen molar-refractivity contribution < 1.29 is 9.59 Å². The second-order valence-electron chi connectivity index (χ2n) is 4.86. The molecule has 1 aliphatic rings. The number of unbranched alkanes of at least 4 members (excludes halogenated alkanes) is 1. The van der Waals surface area contributed by atoms with E-state index in [2.05, 4.69) is 12.2 Å². The van der Waals surface area contributed by atoms with E-state index in [-0.39, 0.29) is 17.7 Å². The molecule has 0 radical (unpaired) electrons. The summed E-state index contributed by atoms with van der Waals surface area (Å²) < 4.78 is 0. The number of nitrogens with two attached hydrogens (primary N) is 1. The number of likely N-dealkylation sites (tertiary alicyclic amines) is 1. The number of nitrogens with one attached hydrogen (secondary N) is 1. The molecule has 1 unspecified atom stereocenters. The Bertz CT molecular complexity index is 281. The van der Waals surface area contributed by atoms with E-state index in [0.717, 1.165) is 38.8 Å². The van der Waals surface area contributed by atoms with Crippen LogP contribution in [0.4, 0.5) is 0 Å². The standard InChI is InChI=1S/C13H25N3O2/c1-2-3-8-15-13(18)11-5-4-9-16(10-11)12(17)6-7-14/h11H,2-10,14H2,1H3,(H,15,18). The van der Waals surface area contributed by atoms with E-state index in [0.29, 0.717) is 19.5 Å². The predicted molar refractivity (Wildman–Crippen MR) is 70.9 cm³/mol. The predicted octanol–water partition coefficient (Wildman–Crippen LogP) is 0.490. The number of piperidine rings is 1. The zero-order valence-electron chi connectivity index (χ0n) is 11.3. The van der Waals surface area contributed by atoms with Crippen molar-refractivity contribution in [2.45, 2.75) is 39.0 Å². The SMILES string of the molecule is CCCCNC(=O)C1CCCN(C(=O)CCN)C1. The van der Waals surface area contributed by atoms with Crippen LogP contribution in [-0.4, -0.2) is 42.9 Å². The highest BCUT2D eigenvalue weighted by molar-refractivity contribution is 5.81. The number of carbonyl (C=O) groups excluding carboxylic acids is 2. The maximum atomic E-state index is 11.9. The Labute approximate surface area is 109 Å². The summed E-state index contributed by atoms with van der Waals surface area (Å²) in [6.45, 7) is 4.53. The summed E-state index contributed by atoms with van der Waals surface area (Å²) in [4.78, 5) is 25.4. The van der Waals surface area contributed by atoms with E-state index in [1.807, 2.05) is 0 Å². The van der Waals surface area contributed by atoms with Crippen molar-refractivity contribution in [2.75, 3.05) is 26.2 Å². The van der Waals surface area contributed by atoms with Crippen molar-refractivity contribution in [3.05, 3.63) is 0 Å². The number of rotatable bonds is 6. The first kappa shape index (κ1) is 15.0. The smallest absolute Gasteiger partial charge is 0.224 e. The summed E-state index contributed by atoms with van der Waals surface area (Å²) in [6, 6.07) is 0. The molecule has 1 atom stereocenters. The van der Waals surface area contributed by atoms with E-state index in [1.165, 1.54) is 0 Å². The highest BCUT2D eigenvalue weighted by Gasteiger charge is 2.27. The molecule has 3 N–H and O–H groups in total. The van der Waals surface area contributed by atoms with Crippen LogP contribution in [0, 0.1) is 5.92 Å². The van der Waals surface area contributed by atoms with Crippen LogP contribution in [0.3, 0.4) is 0 Å². The van der Waals surface area contributed by atoms with Crippen LogP contribution in [0.2, 0.25) is 0 Å². The van der Waals surface area contributed by atoms with Crippen molar-refractivity contribution in [1.29, 1.82) is 0 Å². The number of carbonyl (C=O) groups is 2. The van der Waals surface area contributed by atoms with Crippen LogP contribution < -0.4 is 11.1 Å². The van der Waals surface area contributed by atoms with Gasteiger partial charge in [0.1, 0.15) is 0 Å². The monoisotopic (exact) mass is 255 g/mol. The third-order valence-electron chi connectivity index (χ3n) is 3.33. The van der Waals surface area contributed by atoms with Crippen LogP contribution in [-0.2, 0) is 9.59 Å². The van der Waals surface area contributed by atoms with Crippen molar-refractivity contribution >= 4 is 11.8 Å². The second-order valence-corrected chi connectivity index (χ2v) is 4.86. The fourth-order valence-electron chi connectivity index (χ4n) is 2.23. The molecule has 0 aromatic heterocycles. The van der Waals surface area contributed by atoms with Crippen LogP contribution in [0.15, 0.2) is 0 Å². The summed E-state index contributed by atoms with van der Waals surface area (Å²) >= 11 is 0. The third-order valence-corrected chi connectivity index (χ3v) is 3.33. The van der Waals surface area contributed by atoms with Gasteiger partial charge in [0.15, 0.2) is 0 Å². The first-order chi connectivity index (χ1) is 8.69. The number of amides is 2. The molecule has 1 rings (SSSR count). The topological polar surface area (TPSA) is 75.4 Å². The molecular weight excluding hydrogens is 230 g/mol. The Morgan fingerprint density at radius 3 is 2.89 bits per heavy atom. The fraction of sp³-hybridized carbons (Fsp3) is 0.846. The largest absolute Gasteiger partial charge is 0.356 e. The van der Waals surface area contributed by atoms with Gasteiger partial charge in [-0.25, -0.2) is 0 Å². The quantitative estimate of drug-likeness (QED) is 0.678. The summed E-state index contributed by atoms with van der Waals surface area (Å²) in [5.74, 6) is 0.120. The minimum Gasteiger partial charge on any atom is -0.356 e. The molecule has 1 heterocycles. The lowest BCUT2D eigenvalue weighted by molar-refractivity contribution is -0.135. The van der Waals surface area contributed by atoms with E-state index in [9.17, 15) is 9.59 Å². The lowest BCUT2D eigenvalue weighted by atomic mass is 9.97. The second kappa shape index (κ2) is 8.08. The maximum Gasteiger partial charge on any atom is 0.224 e. The van der Waals surface area contributed by atoms with Crippen molar-refractivity contribution in [3.63, 3.8) is 0 Å². The Balaban J connectivity index is 2.38. The van der Waals surface area contributed by atoms with Gasteiger partial charge in [-0.05, 0) is 19.3 Å². The lowest BCUT2D eigenvalue weighted by Gasteiger charge is -2.32. The summed E-state index contributed by atoms with van der Waals surface area (Å²) in [5.41, 5.74) is 5.38. The van der Waals surface area contributed by atoms with Crippen LogP contribution in [0.25, 0.3) is 0 Å². The molecule has 0 saturated carbocycles. The summed E-state index contributed by atoms with van der Waals surface area (Å²) in [5, 5.41) is 2.94. The molecule has 5 nitrogen and oxygen atoms in total. The lowest BCUT2D eigenvalue weighted by Crippen LogP contribution is -2.45. The highest BCUT2D eigenvalue weighted by atomic mass is 16.2. The molecule has 0 spiro atoms. The highest BCUT2D eigenvalue weighted by Crippen LogP contribution is 2.17. The number of hydrogen-bond donors (Lipinski definition) is 2. The van der Waals surface area contributed by atoms with Crippen LogP contribution in [0.1, 0.15) is 39.0 Å². The molecule has 0 aromatic carbocycles. The zero-order chi connectivity index (χ0) is 13.4. The van der Waals surface area contributed by atoms with E-state index < -0.39 is 0 Å². The fourth-order valence-corrected chi connectivity index (χ4v) is 2.23. The zero-order valence-corrected chi connectivity index (χ0v) is 11.3. The van der Waals surface area contributed by atoms with Gasteiger partial charge in [0.25, 0.3) is 0 Å². The molecular formula is C13H25N3O2. The molecule has 104 valence electrons. The van der Waals surface area contributed by atoms with Crippen LogP contribution >= 0.6 is 0 Å². The molecule has 1 aliphatic heterocycles. The Morgan fingerprint density at radius 2 is 2.22 bits per heavy atom. The molecule has 5 heteroatoms. The molecule has 18 heavy (non-hydrogen) atoms. The minimum absolute atomic E-state index is 0.0441. The Hall–Kier alpha value is -1.10. The van der Waals surface area contributed by atoms with Gasteiger partial charge < -0.3 is 16.0 Å². The van der Waals surface area contributed by atoms with Gasteiger partial charge in [0.2, 0.25) is 11.8 Å². The normalized spacial score (nSPS) is 19.7. The molecule has 0 bridgehead atoms. The first-order valence-corrected chi connectivity index (χ1v) is 6.94. The minimum atomic E-state index is -0.0441. The molecule has 0 aromatic rings. The maximum absolute atomic E-state index is 11.9. The molecule has 0 aliphatic carbocycles. The molecule has 1 fully saturated rings. The van der Waals surface area contributed by atoms with E-state index >= 15 is 0 Å². The van der Waals surface area contributed by atoms with Gasteiger partial charge in [-0.15, -0.1) is 0 Å². The van der Waals surface area contributed by atoms with Crippen molar-refractivity contribution in [2.24, 2.45) is 11.7 Å². The number of hydrogen-bond acceptors (Lipinski definition) is 3. The van der Waals surface area contributed by atoms with Gasteiger partial charge >= 0.3 is 0 Å². The molecule has 1 saturated heterocycles. The summed E-state index contributed by atoms with van der Waals surface area (Å²) in [7, 11) is 0. The van der Waals surface area contributed by atoms with Gasteiger partial charge in [0.05, 0.1) is 5.92 Å². The Kier molecular flexibility index (Phi) is 6.72. The Morgan fingerprint density at radius 1 is 1.44 bits per heavy atom. The van der Waals surface area contributed by atoms with Crippen LogP contribution in [0.5, 0.6) is 0 Å². The first-order valence-electron chi connectivity index (χ1n) is 6.94. The van der Waals surface area contributed by atoms with Gasteiger partial charge in [-0.1, -0.05) is 13.3 Å². The van der Waals surface area contributed by atoms with Gasteiger partial charge in [-0.2, -0.15) is 0 Å². The number of nitrogens with zero attached hydrogens (tertiary/aromatic N) is 1. The van der Waals surface area contributed by atoms with Crippen molar-refractivity contribution in [3.8, 4) is 0 Å². The van der Waals surface area contributed by atoms with E-state index in [4.69, 9.17) is 5.73 Å². The van der Waals surface area contributed by atoms with Gasteiger partial charge in [-0.3, -0.25) is 9.59 Å². The van der Waals surface area contributed by atoms with Gasteiger partial charge in [0, 0.05) is 32.6 Å². The summed E-state index contributed by atoms with van der Waals surface area (Å²) in [6.07, 6.45) is 4.25. The van der Waals surface area contributed by atoms with E-state index in [1.54, 1.807) is 4.90 Å².